The Balaban J connectivity index is 1.46. The van der Waals surface area contributed by atoms with Crippen LogP contribution < -0.4 is 10.9 Å². The van der Waals surface area contributed by atoms with Crippen LogP contribution in [0.5, 0.6) is 0 Å². The molecule has 152 valence electrons. The van der Waals surface area contributed by atoms with Gasteiger partial charge in [0.25, 0.3) is 5.56 Å². The van der Waals surface area contributed by atoms with E-state index in [1.807, 2.05) is 0 Å². The minimum Gasteiger partial charge on any atom is -0.349 e. The van der Waals surface area contributed by atoms with Gasteiger partial charge in [-0.2, -0.15) is 5.10 Å². The Kier molecular flexibility index (Phi) is 5.42. The van der Waals surface area contributed by atoms with E-state index in [9.17, 15) is 14.0 Å². The molecule has 7 nitrogen and oxygen atoms in total. The molecule has 0 saturated heterocycles. The van der Waals surface area contributed by atoms with Crippen molar-refractivity contribution in [1.29, 1.82) is 0 Å². The Hall–Kier alpha value is -3.03. The second kappa shape index (κ2) is 8.14. The summed E-state index contributed by atoms with van der Waals surface area (Å²) in [6, 6.07) is 6.20. The fraction of sp³-hybridized carbons (Fsp3) is 0.429. The predicted molar refractivity (Wildman–Crippen MR) is 107 cm³/mol. The summed E-state index contributed by atoms with van der Waals surface area (Å²) in [5, 5.41) is 7.60. The van der Waals surface area contributed by atoms with E-state index in [4.69, 9.17) is 0 Å². The zero-order chi connectivity index (χ0) is 20.4. The van der Waals surface area contributed by atoms with Gasteiger partial charge in [-0.3, -0.25) is 18.8 Å². The molecule has 1 atom stereocenters. The third kappa shape index (κ3) is 4.06. The van der Waals surface area contributed by atoms with Crippen molar-refractivity contribution in [2.45, 2.75) is 44.7 Å². The highest BCUT2D eigenvalue weighted by atomic mass is 19.1. The third-order valence-corrected chi connectivity index (χ3v) is 5.71. The summed E-state index contributed by atoms with van der Waals surface area (Å²) in [6.45, 7) is 0.239. The second-order valence-corrected chi connectivity index (χ2v) is 7.64. The van der Waals surface area contributed by atoms with Crippen LogP contribution in [-0.2, 0) is 18.4 Å². The highest BCUT2D eigenvalue weighted by molar-refractivity contribution is 5.76. The second-order valence-electron chi connectivity index (χ2n) is 7.64. The molecule has 0 unspecified atom stereocenters. The molecule has 1 fully saturated rings. The number of carbonyl (C=O) groups is 1. The van der Waals surface area contributed by atoms with Crippen molar-refractivity contribution >= 4 is 16.9 Å². The Labute approximate surface area is 167 Å². The number of nitrogens with zero attached hydrogens (tertiary/aromatic N) is 4. The van der Waals surface area contributed by atoms with E-state index in [0.29, 0.717) is 17.0 Å². The Morgan fingerprint density at radius 2 is 2.00 bits per heavy atom. The molecule has 1 saturated carbocycles. The molecule has 1 amide bonds. The first-order valence-electron chi connectivity index (χ1n) is 9.95. The summed E-state index contributed by atoms with van der Waals surface area (Å²) >= 11 is 0. The van der Waals surface area contributed by atoms with Crippen LogP contribution in [-0.4, -0.2) is 25.2 Å². The number of rotatable bonds is 6. The lowest BCUT2D eigenvalue weighted by Crippen LogP contribution is -2.34. The largest absolute Gasteiger partial charge is 0.349 e. The van der Waals surface area contributed by atoms with Gasteiger partial charge >= 0.3 is 0 Å². The van der Waals surface area contributed by atoms with Gasteiger partial charge in [0.1, 0.15) is 11.2 Å². The number of carbonyl (C=O) groups excluding carboxylic acids is 1. The molecular formula is C21H24FN5O2. The van der Waals surface area contributed by atoms with Gasteiger partial charge in [0, 0.05) is 20.0 Å². The Morgan fingerprint density at radius 1 is 1.28 bits per heavy atom. The molecule has 0 aliphatic heterocycles. The van der Waals surface area contributed by atoms with E-state index in [1.165, 1.54) is 29.2 Å². The van der Waals surface area contributed by atoms with E-state index in [-0.39, 0.29) is 36.3 Å². The van der Waals surface area contributed by atoms with Crippen molar-refractivity contribution in [2.75, 3.05) is 0 Å². The lowest BCUT2D eigenvalue weighted by molar-refractivity contribution is -0.122. The fourth-order valence-electron chi connectivity index (χ4n) is 4.13. The van der Waals surface area contributed by atoms with E-state index in [1.54, 1.807) is 23.9 Å². The van der Waals surface area contributed by atoms with Crippen molar-refractivity contribution in [3.05, 3.63) is 58.5 Å². The summed E-state index contributed by atoms with van der Waals surface area (Å²) in [5.41, 5.74) is 1.23. The van der Waals surface area contributed by atoms with Gasteiger partial charge in [0.2, 0.25) is 5.91 Å². The predicted octanol–water partition coefficient (Wildman–Crippen LogP) is 2.71. The number of hydrogen-bond acceptors (Lipinski definition) is 4. The maximum absolute atomic E-state index is 13.3. The summed E-state index contributed by atoms with van der Waals surface area (Å²) < 4.78 is 16.3. The fourth-order valence-corrected chi connectivity index (χ4v) is 4.13. The van der Waals surface area contributed by atoms with Crippen molar-refractivity contribution < 1.29 is 9.18 Å². The topological polar surface area (TPSA) is 81.8 Å². The van der Waals surface area contributed by atoms with Crippen LogP contribution >= 0.6 is 0 Å². The Bertz CT molecular complexity index is 1070. The molecule has 1 aliphatic carbocycles. The first-order valence-corrected chi connectivity index (χ1v) is 9.95. The smallest absolute Gasteiger partial charge is 0.264 e. The summed E-state index contributed by atoms with van der Waals surface area (Å²) in [7, 11) is 1.73. The standard InChI is InChI=1S/C21H24FN5O2/c1-26-20-17(12-24-26)21(29)27(13-23-20)11-10-18(28)25-19(14-4-2-3-5-14)15-6-8-16(22)9-7-15/h6-9,12-14,19H,2-5,10-11H2,1H3,(H,25,28)/t19-/m1/s1. The quantitative estimate of drug-likeness (QED) is 0.693. The van der Waals surface area contributed by atoms with Crippen LogP contribution in [0.4, 0.5) is 4.39 Å². The highest BCUT2D eigenvalue weighted by Crippen LogP contribution is 2.35. The van der Waals surface area contributed by atoms with Gasteiger partial charge in [0.15, 0.2) is 5.65 Å². The van der Waals surface area contributed by atoms with Crippen molar-refractivity contribution in [3.8, 4) is 0 Å². The molecule has 2 heterocycles. The molecule has 29 heavy (non-hydrogen) atoms. The van der Waals surface area contributed by atoms with Gasteiger partial charge in [-0.1, -0.05) is 25.0 Å². The number of aromatic nitrogens is 4. The van der Waals surface area contributed by atoms with Gasteiger partial charge in [-0.25, -0.2) is 9.37 Å². The zero-order valence-electron chi connectivity index (χ0n) is 16.3. The van der Waals surface area contributed by atoms with Crippen LogP contribution in [0.15, 0.2) is 41.6 Å². The Morgan fingerprint density at radius 3 is 2.72 bits per heavy atom. The molecule has 1 N–H and O–H groups in total. The van der Waals surface area contributed by atoms with E-state index < -0.39 is 0 Å². The van der Waals surface area contributed by atoms with Crippen molar-refractivity contribution in [2.24, 2.45) is 13.0 Å². The monoisotopic (exact) mass is 397 g/mol. The van der Waals surface area contributed by atoms with Crippen LogP contribution in [0.3, 0.4) is 0 Å². The van der Waals surface area contributed by atoms with Gasteiger partial charge in [0.05, 0.1) is 18.6 Å². The first kappa shape index (κ1) is 19.3. The first-order chi connectivity index (χ1) is 14.0. The van der Waals surface area contributed by atoms with Crippen LogP contribution in [0.2, 0.25) is 0 Å². The van der Waals surface area contributed by atoms with E-state index in [2.05, 4.69) is 15.4 Å². The molecule has 0 radical (unpaired) electrons. The summed E-state index contributed by atoms with van der Waals surface area (Å²) in [6.07, 6.45) is 7.49. The minimum absolute atomic E-state index is 0.135. The maximum Gasteiger partial charge on any atom is 0.264 e. The third-order valence-electron chi connectivity index (χ3n) is 5.71. The zero-order valence-corrected chi connectivity index (χ0v) is 16.3. The van der Waals surface area contributed by atoms with Gasteiger partial charge in [-0.15, -0.1) is 0 Å². The normalized spacial score (nSPS) is 15.7. The molecule has 0 bridgehead atoms. The molecule has 0 spiro atoms. The average molecular weight is 397 g/mol. The number of aryl methyl sites for hydroxylation is 2. The minimum atomic E-state index is -0.289. The number of halogens is 1. The van der Waals surface area contributed by atoms with E-state index >= 15 is 0 Å². The van der Waals surface area contributed by atoms with Crippen molar-refractivity contribution in [1.82, 2.24) is 24.6 Å². The lowest BCUT2D eigenvalue weighted by atomic mass is 9.91. The SMILES string of the molecule is Cn1ncc2c(=O)n(CCC(=O)N[C@@H](c3ccc(F)cc3)C3CCCC3)cnc21. The van der Waals surface area contributed by atoms with E-state index in [0.717, 1.165) is 31.2 Å². The number of hydrogen-bond donors (Lipinski definition) is 1. The molecule has 1 aromatic carbocycles. The average Bonchev–Trinajstić information content (AvgIpc) is 3.37. The van der Waals surface area contributed by atoms with Crippen LogP contribution in [0.1, 0.15) is 43.7 Å². The molecule has 3 aromatic rings. The number of amides is 1. The van der Waals surface area contributed by atoms with Crippen LogP contribution in [0, 0.1) is 11.7 Å². The maximum atomic E-state index is 13.3. The summed E-state index contributed by atoms with van der Waals surface area (Å²) in [4.78, 5) is 29.5. The van der Waals surface area contributed by atoms with Crippen LogP contribution in [0.25, 0.3) is 11.0 Å². The van der Waals surface area contributed by atoms with Gasteiger partial charge < -0.3 is 5.32 Å². The van der Waals surface area contributed by atoms with Gasteiger partial charge in [-0.05, 0) is 36.5 Å². The molecule has 1 aliphatic rings. The number of benzene rings is 1. The number of nitrogens with one attached hydrogen (secondary N) is 1. The molecular weight excluding hydrogens is 373 g/mol. The molecule has 2 aromatic heterocycles. The highest BCUT2D eigenvalue weighted by Gasteiger charge is 2.27. The molecule has 8 heteroatoms. The van der Waals surface area contributed by atoms with Crippen molar-refractivity contribution in [3.63, 3.8) is 0 Å². The number of fused-ring (bicyclic) bond motifs is 1. The lowest BCUT2D eigenvalue weighted by Gasteiger charge is -2.25. The molecule has 4 rings (SSSR count). The summed E-state index contributed by atoms with van der Waals surface area (Å²) in [5.74, 6) is -0.0760.